The van der Waals surface area contributed by atoms with Gasteiger partial charge < -0.3 is 5.32 Å². The molecule has 1 saturated carbocycles. The van der Waals surface area contributed by atoms with Gasteiger partial charge in [0.1, 0.15) is 5.54 Å². The van der Waals surface area contributed by atoms with Crippen molar-refractivity contribution in [1.29, 1.82) is 5.26 Å². The molecule has 2 rings (SSSR count). The minimum absolute atomic E-state index is 0.120. The van der Waals surface area contributed by atoms with E-state index in [9.17, 15) is 10.1 Å². The van der Waals surface area contributed by atoms with Crippen LogP contribution in [0.4, 0.5) is 0 Å². The lowest BCUT2D eigenvalue weighted by Gasteiger charge is -2.32. The summed E-state index contributed by atoms with van der Waals surface area (Å²) in [5.74, 6) is -0.120. The van der Waals surface area contributed by atoms with E-state index in [-0.39, 0.29) is 11.2 Å². The molecule has 1 atom stereocenters. The quantitative estimate of drug-likeness (QED) is 0.680. The Kier molecular flexibility index (Phi) is 4.96. The van der Waals surface area contributed by atoms with Crippen LogP contribution in [0.1, 0.15) is 39.0 Å². The van der Waals surface area contributed by atoms with Gasteiger partial charge in [-0.15, -0.1) is 0 Å². The highest BCUT2D eigenvalue weighted by atomic mass is 32.2. The smallest absolute Gasteiger partial charge is 0.234 e. The summed E-state index contributed by atoms with van der Waals surface area (Å²) in [5.41, 5.74) is -0.679. The SMILES string of the molecule is C[C@@H](Sc1ncccn1)C(=O)NC1(C#N)CCCCC1. The standard InChI is InChI=1S/C14H18N4OS/c1-11(20-13-16-8-5-9-17-13)12(19)18-14(10-15)6-3-2-4-7-14/h5,8-9,11H,2-4,6-7H2,1H3,(H,18,19)/t11-/m1/s1. The van der Waals surface area contributed by atoms with Crippen molar-refractivity contribution >= 4 is 17.7 Å². The van der Waals surface area contributed by atoms with Gasteiger partial charge in [0.25, 0.3) is 0 Å². The third-order valence-corrected chi connectivity index (χ3v) is 4.47. The first-order chi connectivity index (χ1) is 9.65. The van der Waals surface area contributed by atoms with E-state index in [1.54, 1.807) is 18.5 Å². The van der Waals surface area contributed by atoms with Crippen molar-refractivity contribution < 1.29 is 4.79 Å². The summed E-state index contributed by atoms with van der Waals surface area (Å²) >= 11 is 1.31. The Bertz CT molecular complexity index is 494. The first-order valence-corrected chi connectivity index (χ1v) is 7.70. The van der Waals surface area contributed by atoms with Gasteiger partial charge in [-0.2, -0.15) is 5.26 Å². The second-order valence-corrected chi connectivity index (χ2v) is 6.34. The minimum Gasteiger partial charge on any atom is -0.337 e. The van der Waals surface area contributed by atoms with Crippen molar-refractivity contribution in [3.63, 3.8) is 0 Å². The summed E-state index contributed by atoms with van der Waals surface area (Å²) in [6.07, 6.45) is 7.93. The van der Waals surface area contributed by atoms with E-state index >= 15 is 0 Å². The van der Waals surface area contributed by atoms with Gasteiger partial charge in [-0.05, 0) is 25.8 Å². The third kappa shape index (κ3) is 3.70. The van der Waals surface area contributed by atoms with Gasteiger partial charge in [0.2, 0.25) is 5.91 Å². The number of nitrogens with zero attached hydrogens (tertiary/aromatic N) is 3. The molecule has 0 bridgehead atoms. The molecule has 1 fully saturated rings. The van der Waals surface area contributed by atoms with Crippen LogP contribution in [0.3, 0.4) is 0 Å². The predicted molar refractivity (Wildman–Crippen MR) is 76.9 cm³/mol. The fourth-order valence-corrected chi connectivity index (χ4v) is 3.04. The van der Waals surface area contributed by atoms with Gasteiger partial charge >= 0.3 is 0 Å². The molecule has 0 radical (unpaired) electrons. The number of aromatic nitrogens is 2. The van der Waals surface area contributed by atoms with Crippen molar-refractivity contribution in [3.05, 3.63) is 18.5 Å². The highest BCUT2D eigenvalue weighted by Gasteiger charge is 2.34. The molecule has 0 aromatic carbocycles. The van der Waals surface area contributed by atoms with Crippen molar-refractivity contribution in [2.75, 3.05) is 0 Å². The average Bonchev–Trinajstić information content (AvgIpc) is 2.49. The molecular weight excluding hydrogens is 272 g/mol. The van der Waals surface area contributed by atoms with Crippen LogP contribution < -0.4 is 5.32 Å². The van der Waals surface area contributed by atoms with Crippen LogP contribution in [0.5, 0.6) is 0 Å². The lowest BCUT2D eigenvalue weighted by molar-refractivity contribution is -0.121. The molecule has 1 heterocycles. The average molecular weight is 290 g/mol. The molecule has 1 aliphatic rings. The Morgan fingerprint density at radius 2 is 2.05 bits per heavy atom. The summed E-state index contributed by atoms with van der Waals surface area (Å²) in [5, 5.41) is 12.6. The van der Waals surface area contributed by atoms with E-state index in [0.717, 1.165) is 32.1 Å². The fraction of sp³-hybridized carbons (Fsp3) is 0.571. The number of carbonyl (C=O) groups is 1. The molecule has 1 aromatic rings. The van der Waals surface area contributed by atoms with Crippen LogP contribution in [0.25, 0.3) is 0 Å². The highest BCUT2D eigenvalue weighted by Crippen LogP contribution is 2.28. The number of hydrogen-bond donors (Lipinski definition) is 1. The summed E-state index contributed by atoms with van der Waals surface area (Å²) in [7, 11) is 0. The van der Waals surface area contributed by atoms with Crippen molar-refractivity contribution in [2.45, 2.75) is 55.0 Å². The van der Waals surface area contributed by atoms with Crippen molar-refractivity contribution in [3.8, 4) is 6.07 Å². The van der Waals surface area contributed by atoms with Crippen LogP contribution in [0.15, 0.2) is 23.6 Å². The summed E-state index contributed by atoms with van der Waals surface area (Å²) in [6.45, 7) is 1.81. The summed E-state index contributed by atoms with van der Waals surface area (Å²) < 4.78 is 0. The molecule has 1 amide bonds. The van der Waals surface area contributed by atoms with Gasteiger partial charge in [0.05, 0.1) is 11.3 Å². The lowest BCUT2D eigenvalue weighted by Crippen LogP contribution is -2.50. The van der Waals surface area contributed by atoms with Crippen LogP contribution in [0, 0.1) is 11.3 Å². The topological polar surface area (TPSA) is 78.7 Å². The van der Waals surface area contributed by atoms with E-state index in [4.69, 9.17) is 0 Å². The number of carbonyl (C=O) groups excluding carboxylic acids is 1. The van der Waals surface area contributed by atoms with E-state index in [1.165, 1.54) is 11.8 Å². The number of nitrogens with one attached hydrogen (secondary N) is 1. The van der Waals surface area contributed by atoms with Crippen LogP contribution in [-0.2, 0) is 4.79 Å². The van der Waals surface area contributed by atoms with Gasteiger partial charge in [-0.25, -0.2) is 9.97 Å². The second-order valence-electron chi connectivity index (χ2n) is 5.04. The summed E-state index contributed by atoms with van der Waals surface area (Å²) in [6, 6.07) is 4.03. The third-order valence-electron chi connectivity index (χ3n) is 3.48. The Hall–Kier alpha value is -1.61. The summed E-state index contributed by atoms with van der Waals surface area (Å²) in [4.78, 5) is 20.4. The molecule has 0 aliphatic heterocycles. The maximum Gasteiger partial charge on any atom is 0.234 e. The van der Waals surface area contributed by atoms with E-state index in [2.05, 4.69) is 21.4 Å². The molecule has 20 heavy (non-hydrogen) atoms. The van der Waals surface area contributed by atoms with Crippen molar-refractivity contribution in [1.82, 2.24) is 15.3 Å². The van der Waals surface area contributed by atoms with Gasteiger partial charge in [-0.1, -0.05) is 31.0 Å². The molecule has 0 spiro atoms. The van der Waals surface area contributed by atoms with E-state index < -0.39 is 5.54 Å². The van der Waals surface area contributed by atoms with Gasteiger partial charge in [-0.3, -0.25) is 4.79 Å². The first-order valence-electron chi connectivity index (χ1n) is 6.82. The molecular formula is C14H18N4OS. The number of hydrogen-bond acceptors (Lipinski definition) is 5. The van der Waals surface area contributed by atoms with Crippen LogP contribution in [-0.4, -0.2) is 26.7 Å². The molecule has 0 unspecified atom stereocenters. The molecule has 5 nitrogen and oxygen atoms in total. The molecule has 6 heteroatoms. The maximum atomic E-state index is 12.2. The Balaban J connectivity index is 1.95. The highest BCUT2D eigenvalue weighted by molar-refractivity contribution is 8.00. The largest absolute Gasteiger partial charge is 0.337 e. The number of rotatable bonds is 4. The fourth-order valence-electron chi connectivity index (χ4n) is 2.32. The van der Waals surface area contributed by atoms with Gasteiger partial charge in [0.15, 0.2) is 5.16 Å². The lowest BCUT2D eigenvalue weighted by atomic mass is 9.83. The molecule has 0 saturated heterocycles. The number of nitriles is 1. The first kappa shape index (κ1) is 14.8. The maximum absolute atomic E-state index is 12.2. The monoisotopic (exact) mass is 290 g/mol. The normalized spacial score (nSPS) is 18.8. The van der Waals surface area contributed by atoms with Crippen LogP contribution >= 0.6 is 11.8 Å². The number of amides is 1. The molecule has 1 aliphatic carbocycles. The predicted octanol–water partition coefficient (Wildman–Crippen LogP) is 2.30. The molecule has 106 valence electrons. The Morgan fingerprint density at radius 3 is 2.65 bits per heavy atom. The molecule has 1 aromatic heterocycles. The Morgan fingerprint density at radius 1 is 1.40 bits per heavy atom. The van der Waals surface area contributed by atoms with E-state index in [0.29, 0.717) is 5.16 Å². The zero-order valence-electron chi connectivity index (χ0n) is 11.5. The van der Waals surface area contributed by atoms with E-state index in [1.807, 2.05) is 6.92 Å². The Labute approximate surface area is 123 Å². The van der Waals surface area contributed by atoms with Crippen molar-refractivity contribution in [2.24, 2.45) is 0 Å². The minimum atomic E-state index is -0.679. The molecule has 1 N–H and O–H groups in total. The zero-order valence-corrected chi connectivity index (χ0v) is 12.3. The number of thioether (sulfide) groups is 1. The zero-order chi connectivity index (χ0) is 14.4. The second kappa shape index (κ2) is 6.71. The van der Waals surface area contributed by atoms with Crippen LogP contribution in [0.2, 0.25) is 0 Å². The van der Waals surface area contributed by atoms with Gasteiger partial charge in [0, 0.05) is 12.4 Å².